The van der Waals surface area contributed by atoms with Gasteiger partial charge in [-0.15, -0.1) is 0 Å². The highest BCUT2D eigenvalue weighted by molar-refractivity contribution is 6.30. The van der Waals surface area contributed by atoms with E-state index >= 15 is 0 Å². The molecule has 1 aliphatic heterocycles. The number of hydrogen-bond acceptors (Lipinski definition) is 4. The number of piperazine rings is 1. The Labute approximate surface area is 206 Å². The predicted octanol–water partition coefficient (Wildman–Crippen LogP) is 5.21. The number of carbonyl (C=O) groups is 1. The minimum Gasteiger partial charge on any atom is -0.491 e. The predicted molar refractivity (Wildman–Crippen MR) is 137 cm³/mol. The van der Waals surface area contributed by atoms with Crippen molar-refractivity contribution >= 4 is 23.2 Å². The third-order valence-corrected chi connectivity index (χ3v) is 6.71. The molecule has 6 heteroatoms. The molecule has 1 saturated heterocycles. The number of aliphatic hydroxyl groups excluding tert-OH is 1. The number of amides is 1. The van der Waals surface area contributed by atoms with E-state index in [2.05, 4.69) is 17.9 Å². The first kappa shape index (κ1) is 24.1. The Morgan fingerprint density at radius 2 is 1.82 bits per heavy atom. The van der Waals surface area contributed by atoms with E-state index in [1.807, 2.05) is 78.6 Å². The van der Waals surface area contributed by atoms with Crippen LogP contribution < -0.4 is 9.64 Å². The Morgan fingerprint density at radius 1 is 1.09 bits per heavy atom. The van der Waals surface area contributed by atoms with Crippen molar-refractivity contribution in [1.29, 1.82) is 0 Å². The minimum atomic E-state index is -0.191. The molecule has 1 heterocycles. The second-order valence-corrected chi connectivity index (χ2v) is 9.13. The number of halogens is 1. The minimum absolute atomic E-state index is 0.000787. The van der Waals surface area contributed by atoms with Crippen LogP contribution in [-0.4, -0.2) is 48.8 Å². The fourth-order valence-electron chi connectivity index (χ4n) is 4.60. The zero-order valence-corrected chi connectivity index (χ0v) is 20.4. The van der Waals surface area contributed by atoms with Gasteiger partial charge < -0.3 is 19.6 Å². The number of benzene rings is 3. The molecule has 0 saturated carbocycles. The van der Waals surface area contributed by atoms with Gasteiger partial charge in [0.2, 0.25) is 5.91 Å². The van der Waals surface area contributed by atoms with Crippen LogP contribution in [0.1, 0.15) is 35.6 Å². The van der Waals surface area contributed by atoms with Gasteiger partial charge in [-0.3, -0.25) is 4.79 Å². The molecule has 1 fully saturated rings. The summed E-state index contributed by atoms with van der Waals surface area (Å²) in [6.07, 6.45) is 0. The molecule has 3 aromatic carbocycles. The maximum Gasteiger partial charge on any atom is 0.229 e. The lowest BCUT2D eigenvalue weighted by molar-refractivity contribution is -0.133. The van der Waals surface area contributed by atoms with Gasteiger partial charge in [-0.05, 0) is 60.9 Å². The molecule has 0 spiro atoms. The summed E-state index contributed by atoms with van der Waals surface area (Å²) in [5.41, 5.74) is 4.35. The number of hydrogen-bond donors (Lipinski definition) is 1. The van der Waals surface area contributed by atoms with E-state index in [1.165, 1.54) is 0 Å². The second-order valence-electron chi connectivity index (χ2n) is 8.70. The van der Waals surface area contributed by atoms with Crippen LogP contribution in [0.25, 0.3) is 0 Å². The Kier molecular flexibility index (Phi) is 7.76. The summed E-state index contributed by atoms with van der Waals surface area (Å²) in [6, 6.07) is 23.8. The van der Waals surface area contributed by atoms with Crippen LogP contribution in [0.15, 0.2) is 72.8 Å². The van der Waals surface area contributed by atoms with Gasteiger partial charge in [-0.2, -0.15) is 0 Å². The van der Waals surface area contributed by atoms with E-state index in [-0.39, 0.29) is 31.1 Å². The molecule has 5 nitrogen and oxygen atoms in total. The zero-order valence-electron chi connectivity index (χ0n) is 19.7. The van der Waals surface area contributed by atoms with Crippen LogP contribution in [0.4, 0.5) is 5.69 Å². The summed E-state index contributed by atoms with van der Waals surface area (Å²) in [6.45, 7) is 6.27. The quantitative estimate of drug-likeness (QED) is 0.506. The Balaban J connectivity index is 1.61. The number of aliphatic hydroxyl groups is 1. The number of carbonyl (C=O) groups excluding carboxylic acids is 1. The van der Waals surface area contributed by atoms with Crippen LogP contribution in [0.3, 0.4) is 0 Å². The highest BCUT2D eigenvalue weighted by atomic mass is 35.5. The fraction of sp³-hybridized carbons (Fsp3) is 0.321. The Bertz CT molecular complexity index is 1100. The topological polar surface area (TPSA) is 53.0 Å². The van der Waals surface area contributed by atoms with Gasteiger partial charge in [-0.1, -0.05) is 54.1 Å². The fourth-order valence-corrected chi connectivity index (χ4v) is 4.73. The van der Waals surface area contributed by atoms with Gasteiger partial charge in [0, 0.05) is 30.3 Å². The summed E-state index contributed by atoms with van der Waals surface area (Å²) >= 11 is 6.17. The lowest BCUT2D eigenvalue weighted by Gasteiger charge is -2.44. The molecule has 178 valence electrons. The van der Waals surface area contributed by atoms with Crippen molar-refractivity contribution in [3.05, 3.63) is 94.5 Å². The Hall–Kier alpha value is -3.02. The first-order chi connectivity index (χ1) is 16.5. The largest absolute Gasteiger partial charge is 0.491 e. The summed E-state index contributed by atoms with van der Waals surface area (Å²) in [5, 5.41) is 9.74. The molecule has 2 atom stereocenters. The molecule has 3 aromatic rings. The smallest absolute Gasteiger partial charge is 0.229 e. The summed E-state index contributed by atoms with van der Waals surface area (Å²) < 4.78 is 5.58. The van der Waals surface area contributed by atoms with E-state index in [0.29, 0.717) is 18.1 Å². The highest BCUT2D eigenvalue weighted by Gasteiger charge is 2.33. The van der Waals surface area contributed by atoms with Crippen molar-refractivity contribution in [2.45, 2.75) is 25.8 Å². The molecule has 0 aliphatic carbocycles. The molecule has 0 bridgehead atoms. The third kappa shape index (κ3) is 5.37. The van der Waals surface area contributed by atoms with Gasteiger partial charge >= 0.3 is 0 Å². The van der Waals surface area contributed by atoms with Crippen LogP contribution >= 0.6 is 11.6 Å². The van der Waals surface area contributed by atoms with E-state index in [4.69, 9.17) is 21.4 Å². The summed E-state index contributed by atoms with van der Waals surface area (Å²) in [7, 11) is 0. The number of anilines is 1. The number of aryl methyl sites for hydroxylation is 1. The van der Waals surface area contributed by atoms with Crippen molar-refractivity contribution in [1.82, 2.24) is 4.90 Å². The van der Waals surface area contributed by atoms with Gasteiger partial charge in [0.05, 0.1) is 18.6 Å². The normalized spacial score (nSPS) is 16.9. The van der Waals surface area contributed by atoms with E-state index in [0.717, 1.165) is 34.7 Å². The number of rotatable bonds is 7. The maximum atomic E-state index is 13.4. The van der Waals surface area contributed by atoms with E-state index in [9.17, 15) is 4.79 Å². The third-order valence-electron chi connectivity index (χ3n) is 6.45. The van der Waals surface area contributed by atoms with Crippen LogP contribution in [0.2, 0.25) is 5.02 Å². The summed E-state index contributed by atoms with van der Waals surface area (Å²) in [4.78, 5) is 17.8. The molecule has 1 N–H and O–H groups in total. The first-order valence-electron chi connectivity index (χ1n) is 11.7. The highest BCUT2D eigenvalue weighted by Crippen LogP contribution is 2.35. The second kappa shape index (κ2) is 10.9. The molecular formula is C28H31ClN2O3. The lowest BCUT2D eigenvalue weighted by atomic mass is 9.96. The molecule has 4 rings (SSSR count). The molecule has 0 radical (unpaired) electrons. The van der Waals surface area contributed by atoms with Crippen molar-refractivity contribution in [2.24, 2.45) is 0 Å². The molecule has 0 unspecified atom stereocenters. The SMILES string of the molecule is Cc1cc(OCCO)ccc1N1CCN(C(=O)[C@@H](C)c2ccccc2)C[C@H]1c1ccc(Cl)cc1. The van der Waals surface area contributed by atoms with E-state index < -0.39 is 0 Å². The van der Waals surface area contributed by atoms with Crippen molar-refractivity contribution < 1.29 is 14.6 Å². The van der Waals surface area contributed by atoms with Crippen molar-refractivity contribution in [3.8, 4) is 5.75 Å². The zero-order chi connectivity index (χ0) is 24.1. The van der Waals surface area contributed by atoms with Gasteiger partial charge in [0.1, 0.15) is 12.4 Å². The van der Waals surface area contributed by atoms with Crippen LogP contribution in [-0.2, 0) is 4.79 Å². The standard InChI is InChI=1S/C28H31ClN2O3/c1-20-18-25(34-17-16-32)12-13-26(20)31-15-14-30(19-27(31)23-8-10-24(29)11-9-23)28(33)21(2)22-6-4-3-5-7-22/h3-13,18,21,27,32H,14-17,19H2,1-2H3/t21-,27-/m0/s1. The van der Waals surface area contributed by atoms with Crippen molar-refractivity contribution in [2.75, 3.05) is 37.7 Å². The molecular weight excluding hydrogens is 448 g/mol. The molecule has 1 aliphatic rings. The number of nitrogens with zero attached hydrogens (tertiary/aromatic N) is 2. The summed E-state index contributed by atoms with van der Waals surface area (Å²) in [5.74, 6) is 0.696. The monoisotopic (exact) mass is 478 g/mol. The van der Waals surface area contributed by atoms with Crippen LogP contribution in [0, 0.1) is 6.92 Å². The van der Waals surface area contributed by atoms with Crippen molar-refractivity contribution in [3.63, 3.8) is 0 Å². The lowest BCUT2D eigenvalue weighted by Crippen LogP contribution is -2.51. The molecule has 1 amide bonds. The van der Waals surface area contributed by atoms with Crippen LogP contribution in [0.5, 0.6) is 5.75 Å². The average molecular weight is 479 g/mol. The van der Waals surface area contributed by atoms with Gasteiger partial charge in [0.15, 0.2) is 0 Å². The Morgan fingerprint density at radius 3 is 2.50 bits per heavy atom. The maximum absolute atomic E-state index is 13.4. The van der Waals surface area contributed by atoms with Gasteiger partial charge in [-0.25, -0.2) is 0 Å². The molecule has 0 aromatic heterocycles. The first-order valence-corrected chi connectivity index (χ1v) is 12.1. The average Bonchev–Trinajstić information content (AvgIpc) is 2.87. The van der Waals surface area contributed by atoms with E-state index in [1.54, 1.807) is 0 Å². The molecule has 34 heavy (non-hydrogen) atoms. The number of ether oxygens (including phenoxy) is 1. The van der Waals surface area contributed by atoms with Gasteiger partial charge in [0.25, 0.3) is 0 Å².